The van der Waals surface area contributed by atoms with Crippen LogP contribution in [0.15, 0.2) is 51.4 Å². The molecule has 0 atom stereocenters. The molecule has 0 unspecified atom stereocenters. The Kier molecular flexibility index (Phi) is 5.06. The number of piperazine rings is 1. The molecule has 1 aliphatic rings. The van der Waals surface area contributed by atoms with Crippen LogP contribution in [-0.4, -0.2) is 42.3 Å². The molecule has 0 saturated carbocycles. The largest absolute Gasteiger partial charge is 0.295 e. The van der Waals surface area contributed by atoms with Crippen molar-refractivity contribution in [3.05, 3.63) is 56.7 Å². The normalized spacial score (nSPS) is 16.7. The number of hydrazone groups is 1. The first-order valence-electron chi connectivity index (χ1n) is 7.10. The minimum atomic E-state index is 0.996. The van der Waals surface area contributed by atoms with Crippen LogP contribution >= 0.6 is 27.3 Å². The van der Waals surface area contributed by atoms with Crippen LogP contribution in [0.2, 0.25) is 0 Å². The van der Waals surface area contributed by atoms with Crippen molar-refractivity contribution >= 4 is 33.5 Å². The summed E-state index contributed by atoms with van der Waals surface area (Å²) in [5.74, 6) is 0. The monoisotopic (exact) mass is 363 g/mol. The number of hydrogen-bond donors (Lipinski definition) is 0. The molecule has 1 aromatic heterocycles. The van der Waals surface area contributed by atoms with Crippen LogP contribution in [-0.2, 0) is 6.54 Å². The molecule has 21 heavy (non-hydrogen) atoms. The van der Waals surface area contributed by atoms with E-state index in [9.17, 15) is 0 Å². The Labute approximate surface area is 138 Å². The van der Waals surface area contributed by atoms with Crippen LogP contribution in [0.3, 0.4) is 0 Å². The van der Waals surface area contributed by atoms with E-state index in [1.165, 1.54) is 10.4 Å². The van der Waals surface area contributed by atoms with Crippen LogP contribution in [0.4, 0.5) is 0 Å². The van der Waals surface area contributed by atoms with Crippen molar-refractivity contribution in [2.24, 2.45) is 5.10 Å². The number of benzene rings is 1. The molecule has 2 heterocycles. The van der Waals surface area contributed by atoms with Gasteiger partial charge in [0.05, 0.1) is 10.0 Å². The van der Waals surface area contributed by atoms with Crippen molar-refractivity contribution < 1.29 is 0 Å². The maximum Gasteiger partial charge on any atom is 0.0705 e. The number of halogens is 1. The first kappa shape index (κ1) is 14.8. The Hall–Kier alpha value is -1.17. The van der Waals surface area contributed by atoms with E-state index in [0.717, 1.165) is 36.5 Å². The van der Waals surface area contributed by atoms with Gasteiger partial charge in [0.2, 0.25) is 0 Å². The first-order chi connectivity index (χ1) is 10.3. The molecular formula is C16H18BrN3S. The molecule has 0 radical (unpaired) electrons. The van der Waals surface area contributed by atoms with Gasteiger partial charge in [0.15, 0.2) is 0 Å². The lowest BCUT2D eigenvalue weighted by molar-refractivity contribution is 0.131. The van der Waals surface area contributed by atoms with Crippen molar-refractivity contribution in [2.75, 3.05) is 26.2 Å². The van der Waals surface area contributed by atoms with Gasteiger partial charge in [-0.05, 0) is 33.6 Å². The molecule has 5 heteroatoms. The van der Waals surface area contributed by atoms with E-state index >= 15 is 0 Å². The van der Waals surface area contributed by atoms with Crippen LogP contribution in [0, 0.1) is 0 Å². The van der Waals surface area contributed by atoms with E-state index in [2.05, 4.69) is 73.4 Å². The maximum absolute atomic E-state index is 4.58. The molecule has 3 nitrogen and oxygen atoms in total. The minimum absolute atomic E-state index is 0.996. The van der Waals surface area contributed by atoms with Gasteiger partial charge in [0.1, 0.15) is 0 Å². The summed E-state index contributed by atoms with van der Waals surface area (Å²) in [6, 6.07) is 14.8. The Balaban J connectivity index is 1.48. The van der Waals surface area contributed by atoms with Gasteiger partial charge in [-0.2, -0.15) is 5.10 Å². The summed E-state index contributed by atoms with van der Waals surface area (Å²) in [4.78, 5) is 3.68. The molecule has 0 amide bonds. The van der Waals surface area contributed by atoms with Gasteiger partial charge in [0, 0.05) is 37.6 Å². The van der Waals surface area contributed by atoms with Gasteiger partial charge in [-0.3, -0.25) is 9.91 Å². The average molecular weight is 364 g/mol. The second kappa shape index (κ2) is 7.20. The molecule has 1 aliphatic heterocycles. The fourth-order valence-electron chi connectivity index (χ4n) is 2.39. The quantitative estimate of drug-likeness (QED) is 0.771. The van der Waals surface area contributed by atoms with Crippen molar-refractivity contribution in [2.45, 2.75) is 6.54 Å². The van der Waals surface area contributed by atoms with Crippen molar-refractivity contribution in [1.29, 1.82) is 0 Å². The summed E-state index contributed by atoms with van der Waals surface area (Å²) < 4.78 is 1.15. The highest BCUT2D eigenvalue weighted by Gasteiger charge is 2.15. The van der Waals surface area contributed by atoms with Crippen LogP contribution in [0.5, 0.6) is 0 Å². The highest BCUT2D eigenvalue weighted by molar-refractivity contribution is 9.11. The predicted octanol–water partition coefficient (Wildman–Crippen LogP) is 3.66. The lowest BCUT2D eigenvalue weighted by Gasteiger charge is -2.33. The summed E-state index contributed by atoms with van der Waals surface area (Å²) >= 11 is 5.18. The van der Waals surface area contributed by atoms with Crippen molar-refractivity contribution in [3.63, 3.8) is 0 Å². The van der Waals surface area contributed by atoms with E-state index in [4.69, 9.17) is 0 Å². The third-order valence-corrected chi connectivity index (χ3v) is 5.10. The molecule has 0 bridgehead atoms. The SMILES string of the molecule is Brc1ccc(/C=N\N2CCN(Cc3ccccc3)CC2)s1. The molecule has 1 fully saturated rings. The first-order valence-corrected chi connectivity index (χ1v) is 8.71. The molecule has 0 spiro atoms. The maximum atomic E-state index is 4.58. The van der Waals surface area contributed by atoms with E-state index < -0.39 is 0 Å². The smallest absolute Gasteiger partial charge is 0.0705 e. The highest BCUT2D eigenvalue weighted by atomic mass is 79.9. The fourth-order valence-corrected chi connectivity index (χ4v) is 3.68. The molecular weight excluding hydrogens is 346 g/mol. The summed E-state index contributed by atoms with van der Waals surface area (Å²) in [6.07, 6.45) is 1.96. The zero-order valence-corrected chi connectivity index (χ0v) is 14.2. The summed E-state index contributed by atoms with van der Waals surface area (Å²) in [7, 11) is 0. The van der Waals surface area contributed by atoms with E-state index in [-0.39, 0.29) is 0 Å². The van der Waals surface area contributed by atoms with E-state index in [1.807, 2.05) is 6.21 Å². The molecule has 1 aromatic carbocycles. The van der Waals surface area contributed by atoms with Gasteiger partial charge in [-0.1, -0.05) is 30.3 Å². The third kappa shape index (κ3) is 4.40. The van der Waals surface area contributed by atoms with Gasteiger partial charge in [0.25, 0.3) is 0 Å². The molecule has 110 valence electrons. The lowest BCUT2D eigenvalue weighted by Crippen LogP contribution is -2.43. The zero-order chi connectivity index (χ0) is 14.5. The number of thiophene rings is 1. The Morgan fingerprint density at radius 3 is 2.48 bits per heavy atom. The Morgan fingerprint density at radius 1 is 1.05 bits per heavy atom. The summed E-state index contributed by atoms with van der Waals surface area (Å²) in [6.45, 7) is 5.17. The van der Waals surface area contributed by atoms with Gasteiger partial charge >= 0.3 is 0 Å². The van der Waals surface area contributed by atoms with Crippen LogP contribution in [0.25, 0.3) is 0 Å². The summed E-state index contributed by atoms with van der Waals surface area (Å²) in [5.41, 5.74) is 1.39. The van der Waals surface area contributed by atoms with Gasteiger partial charge in [-0.25, -0.2) is 0 Å². The molecule has 3 rings (SSSR count). The number of rotatable bonds is 4. The van der Waals surface area contributed by atoms with Gasteiger partial charge < -0.3 is 0 Å². The Morgan fingerprint density at radius 2 is 1.81 bits per heavy atom. The summed E-state index contributed by atoms with van der Waals surface area (Å²) in [5, 5.41) is 6.74. The van der Waals surface area contributed by atoms with E-state index in [0.29, 0.717) is 0 Å². The topological polar surface area (TPSA) is 18.8 Å². The van der Waals surface area contributed by atoms with Gasteiger partial charge in [-0.15, -0.1) is 11.3 Å². The fraction of sp³-hybridized carbons (Fsp3) is 0.312. The van der Waals surface area contributed by atoms with Crippen molar-refractivity contribution in [3.8, 4) is 0 Å². The highest BCUT2D eigenvalue weighted by Crippen LogP contribution is 2.20. The number of nitrogens with zero attached hydrogens (tertiary/aromatic N) is 3. The number of hydrogen-bond acceptors (Lipinski definition) is 4. The second-order valence-corrected chi connectivity index (χ2v) is 7.60. The minimum Gasteiger partial charge on any atom is -0.295 e. The molecule has 0 N–H and O–H groups in total. The second-order valence-electron chi connectivity index (χ2n) is 5.10. The zero-order valence-electron chi connectivity index (χ0n) is 11.8. The lowest BCUT2D eigenvalue weighted by atomic mass is 10.2. The third-order valence-electron chi connectivity index (χ3n) is 3.54. The van der Waals surface area contributed by atoms with Crippen molar-refractivity contribution in [1.82, 2.24) is 9.91 Å². The standard InChI is InChI=1S/C16H18BrN3S/c17-16-7-6-15(21-16)12-18-20-10-8-19(9-11-20)13-14-4-2-1-3-5-14/h1-7,12H,8-11,13H2/b18-12-. The predicted molar refractivity (Wildman–Crippen MR) is 92.9 cm³/mol. The van der Waals surface area contributed by atoms with E-state index in [1.54, 1.807) is 11.3 Å². The molecule has 1 saturated heterocycles. The Bertz CT molecular complexity index is 589. The van der Waals surface area contributed by atoms with Crippen LogP contribution in [0.1, 0.15) is 10.4 Å². The average Bonchev–Trinajstić information content (AvgIpc) is 2.93. The van der Waals surface area contributed by atoms with Crippen LogP contribution < -0.4 is 0 Å². The molecule has 2 aromatic rings. The molecule has 0 aliphatic carbocycles.